The van der Waals surface area contributed by atoms with Gasteiger partial charge in [-0.3, -0.25) is 9.59 Å². The van der Waals surface area contributed by atoms with Gasteiger partial charge in [0, 0.05) is 16.8 Å². The van der Waals surface area contributed by atoms with Crippen molar-refractivity contribution >= 4 is 29.9 Å². The molecule has 0 aromatic heterocycles. The van der Waals surface area contributed by atoms with E-state index in [9.17, 15) is 9.59 Å². The number of benzene rings is 1. The molecule has 0 heterocycles. The standard InChI is InChI=1S/C14H21N3O2.ClH/c1-14(2,3)17-13(19)10-6-5-7-11(8-10)16-12(18)9-15-4;/h5-8,15H,9H2,1-4H3,(H,16,18)(H,17,19);1H. The van der Waals surface area contributed by atoms with E-state index in [1.54, 1.807) is 31.3 Å². The quantitative estimate of drug-likeness (QED) is 0.794. The summed E-state index contributed by atoms with van der Waals surface area (Å²) in [5.74, 6) is -0.298. The first-order chi connectivity index (χ1) is 8.81. The van der Waals surface area contributed by atoms with Crippen molar-refractivity contribution in [3.63, 3.8) is 0 Å². The summed E-state index contributed by atoms with van der Waals surface area (Å²) in [7, 11) is 1.70. The fraction of sp³-hybridized carbons (Fsp3) is 0.429. The lowest BCUT2D eigenvalue weighted by Gasteiger charge is -2.20. The van der Waals surface area contributed by atoms with Crippen LogP contribution in [-0.2, 0) is 4.79 Å². The molecule has 5 nitrogen and oxygen atoms in total. The fourth-order valence-corrected chi connectivity index (χ4v) is 1.52. The molecule has 6 heteroatoms. The van der Waals surface area contributed by atoms with Crippen LogP contribution in [0.1, 0.15) is 31.1 Å². The molecule has 0 unspecified atom stereocenters. The highest BCUT2D eigenvalue weighted by atomic mass is 35.5. The SMILES string of the molecule is CNCC(=O)Nc1cccc(C(=O)NC(C)(C)C)c1.Cl. The Bertz CT molecular complexity index is 470. The summed E-state index contributed by atoms with van der Waals surface area (Å²) < 4.78 is 0. The maximum Gasteiger partial charge on any atom is 0.251 e. The highest BCUT2D eigenvalue weighted by Crippen LogP contribution is 2.12. The lowest BCUT2D eigenvalue weighted by atomic mass is 10.1. The monoisotopic (exact) mass is 299 g/mol. The minimum Gasteiger partial charge on any atom is -0.347 e. The van der Waals surface area contributed by atoms with Gasteiger partial charge in [0.25, 0.3) is 5.91 Å². The van der Waals surface area contributed by atoms with Crippen molar-refractivity contribution < 1.29 is 9.59 Å². The number of hydrogen-bond acceptors (Lipinski definition) is 3. The average Bonchev–Trinajstić information content (AvgIpc) is 2.27. The Morgan fingerprint density at radius 1 is 1.20 bits per heavy atom. The Labute approximate surface area is 125 Å². The summed E-state index contributed by atoms with van der Waals surface area (Å²) in [6.07, 6.45) is 0. The zero-order valence-electron chi connectivity index (χ0n) is 12.2. The first-order valence-corrected chi connectivity index (χ1v) is 6.19. The molecule has 0 saturated carbocycles. The van der Waals surface area contributed by atoms with Crippen LogP contribution >= 0.6 is 12.4 Å². The summed E-state index contributed by atoms with van der Waals surface area (Å²) in [4.78, 5) is 23.4. The molecule has 0 radical (unpaired) electrons. The fourth-order valence-electron chi connectivity index (χ4n) is 1.52. The molecule has 20 heavy (non-hydrogen) atoms. The Balaban J connectivity index is 0.00000361. The summed E-state index contributed by atoms with van der Waals surface area (Å²) in [5, 5.41) is 8.36. The van der Waals surface area contributed by atoms with E-state index in [2.05, 4.69) is 16.0 Å². The van der Waals surface area contributed by atoms with Gasteiger partial charge in [-0.05, 0) is 46.0 Å². The molecule has 0 atom stereocenters. The van der Waals surface area contributed by atoms with E-state index in [1.165, 1.54) is 0 Å². The molecule has 112 valence electrons. The minimum atomic E-state index is -0.289. The molecule has 1 aromatic carbocycles. The van der Waals surface area contributed by atoms with E-state index < -0.39 is 0 Å². The van der Waals surface area contributed by atoms with E-state index in [0.29, 0.717) is 11.3 Å². The smallest absolute Gasteiger partial charge is 0.251 e. The Morgan fingerprint density at radius 2 is 1.85 bits per heavy atom. The molecule has 1 rings (SSSR count). The summed E-state index contributed by atoms with van der Waals surface area (Å²) in [6.45, 7) is 5.99. The van der Waals surface area contributed by atoms with E-state index in [4.69, 9.17) is 0 Å². The second kappa shape index (κ2) is 7.87. The number of amides is 2. The summed E-state index contributed by atoms with van der Waals surface area (Å²) in [6, 6.07) is 6.87. The van der Waals surface area contributed by atoms with Crippen molar-refractivity contribution in [1.82, 2.24) is 10.6 Å². The van der Waals surface area contributed by atoms with Crippen LogP contribution in [-0.4, -0.2) is 30.9 Å². The van der Waals surface area contributed by atoms with Gasteiger partial charge in [0.05, 0.1) is 6.54 Å². The molecule has 3 N–H and O–H groups in total. The second-order valence-corrected chi connectivity index (χ2v) is 5.36. The van der Waals surface area contributed by atoms with E-state index in [1.807, 2.05) is 20.8 Å². The van der Waals surface area contributed by atoms with Crippen LogP contribution in [0, 0.1) is 0 Å². The summed E-state index contributed by atoms with van der Waals surface area (Å²) >= 11 is 0. The number of nitrogens with one attached hydrogen (secondary N) is 3. The Kier molecular flexibility index (Phi) is 7.24. The van der Waals surface area contributed by atoms with Gasteiger partial charge < -0.3 is 16.0 Å². The van der Waals surface area contributed by atoms with Crippen LogP contribution in [0.15, 0.2) is 24.3 Å². The predicted molar refractivity (Wildman–Crippen MR) is 83.5 cm³/mol. The van der Waals surface area contributed by atoms with Gasteiger partial charge in [0.15, 0.2) is 0 Å². The number of likely N-dealkylation sites (N-methyl/N-ethyl adjacent to an activating group) is 1. The van der Waals surface area contributed by atoms with Gasteiger partial charge >= 0.3 is 0 Å². The molecule has 0 aliphatic carbocycles. The largest absolute Gasteiger partial charge is 0.347 e. The van der Waals surface area contributed by atoms with Crippen LogP contribution in [0.3, 0.4) is 0 Å². The molecule has 0 aliphatic rings. The number of halogens is 1. The Hall–Kier alpha value is -1.59. The molecular formula is C14H22ClN3O2. The predicted octanol–water partition coefficient (Wildman–Crippen LogP) is 1.79. The highest BCUT2D eigenvalue weighted by molar-refractivity contribution is 5.97. The van der Waals surface area contributed by atoms with Crippen molar-refractivity contribution in [3.05, 3.63) is 29.8 Å². The minimum absolute atomic E-state index is 0. The lowest BCUT2D eigenvalue weighted by molar-refractivity contribution is -0.115. The number of carbonyl (C=O) groups excluding carboxylic acids is 2. The molecule has 1 aromatic rings. The zero-order chi connectivity index (χ0) is 14.5. The van der Waals surface area contributed by atoms with Crippen LogP contribution in [0.25, 0.3) is 0 Å². The van der Waals surface area contributed by atoms with Crippen LogP contribution in [0.4, 0.5) is 5.69 Å². The average molecular weight is 300 g/mol. The van der Waals surface area contributed by atoms with Gasteiger partial charge in [-0.15, -0.1) is 12.4 Å². The molecule has 2 amide bonds. The van der Waals surface area contributed by atoms with E-state index in [0.717, 1.165) is 0 Å². The zero-order valence-corrected chi connectivity index (χ0v) is 13.1. The Morgan fingerprint density at radius 3 is 2.40 bits per heavy atom. The van der Waals surface area contributed by atoms with Crippen LogP contribution < -0.4 is 16.0 Å². The lowest BCUT2D eigenvalue weighted by Crippen LogP contribution is -2.40. The molecule has 0 saturated heterocycles. The van der Waals surface area contributed by atoms with E-state index in [-0.39, 0.29) is 36.3 Å². The number of rotatable bonds is 4. The van der Waals surface area contributed by atoms with E-state index >= 15 is 0 Å². The first-order valence-electron chi connectivity index (χ1n) is 6.19. The van der Waals surface area contributed by atoms with Crippen LogP contribution in [0.5, 0.6) is 0 Å². The van der Waals surface area contributed by atoms with Crippen molar-refractivity contribution in [2.24, 2.45) is 0 Å². The van der Waals surface area contributed by atoms with Gasteiger partial charge in [0.2, 0.25) is 5.91 Å². The third-order valence-electron chi connectivity index (χ3n) is 2.23. The first kappa shape index (κ1) is 18.4. The molecule has 0 aliphatic heterocycles. The molecule has 0 bridgehead atoms. The number of hydrogen-bond donors (Lipinski definition) is 3. The maximum atomic E-state index is 12.0. The van der Waals surface area contributed by atoms with Gasteiger partial charge in [-0.2, -0.15) is 0 Å². The van der Waals surface area contributed by atoms with Gasteiger partial charge in [0.1, 0.15) is 0 Å². The number of carbonyl (C=O) groups is 2. The van der Waals surface area contributed by atoms with Crippen molar-refractivity contribution in [1.29, 1.82) is 0 Å². The highest BCUT2D eigenvalue weighted by Gasteiger charge is 2.15. The summed E-state index contributed by atoms with van der Waals surface area (Å²) in [5.41, 5.74) is 0.849. The van der Waals surface area contributed by atoms with Gasteiger partial charge in [-0.25, -0.2) is 0 Å². The van der Waals surface area contributed by atoms with Crippen molar-refractivity contribution in [3.8, 4) is 0 Å². The van der Waals surface area contributed by atoms with Crippen LogP contribution in [0.2, 0.25) is 0 Å². The molecule has 0 fully saturated rings. The van der Waals surface area contributed by atoms with Crippen molar-refractivity contribution in [2.75, 3.05) is 18.9 Å². The topological polar surface area (TPSA) is 70.2 Å². The second-order valence-electron chi connectivity index (χ2n) is 5.36. The normalized spacial score (nSPS) is 10.4. The van der Waals surface area contributed by atoms with Crippen molar-refractivity contribution in [2.45, 2.75) is 26.3 Å². The third kappa shape index (κ3) is 6.54. The molecule has 0 spiro atoms. The number of anilines is 1. The molecular weight excluding hydrogens is 278 g/mol. The third-order valence-corrected chi connectivity index (χ3v) is 2.23. The maximum absolute atomic E-state index is 12.0. The van der Waals surface area contributed by atoms with Gasteiger partial charge in [-0.1, -0.05) is 6.07 Å².